The van der Waals surface area contributed by atoms with E-state index in [1.165, 1.54) is 6.07 Å². The Morgan fingerprint density at radius 2 is 1.90 bits per heavy atom. The summed E-state index contributed by atoms with van der Waals surface area (Å²) in [5.41, 5.74) is 2.63. The second-order valence-corrected chi connectivity index (χ2v) is 7.41. The Bertz CT molecular complexity index is 1090. The molecule has 0 spiro atoms. The molecule has 0 radical (unpaired) electrons. The molecule has 3 aromatic rings. The van der Waals surface area contributed by atoms with Crippen molar-refractivity contribution in [3.63, 3.8) is 0 Å². The Labute approximate surface area is 171 Å². The van der Waals surface area contributed by atoms with Crippen molar-refractivity contribution in [1.29, 1.82) is 0 Å². The third kappa shape index (κ3) is 4.05. The number of hydrogen-bond donors (Lipinski definition) is 1. The van der Waals surface area contributed by atoms with E-state index in [4.69, 9.17) is 0 Å². The Morgan fingerprint density at radius 3 is 2.60 bits per heavy atom. The summed E-state index contributed by atoms with van der Waals surface area (Å²) in [6, 6.07) is 7.41. The number of fused-ring (bicyclic) bond motifs is 1. The lowest BCUT2D eigenvalue weighted by atomic mass is 10.0. The molecule has 0 saturated carbocycles. The van der Waals surface area contributed by atoms with E-state index in [1.54, 1.807) is 22.9 Å². The molecule has 0 aliphatic carbocycles. The van der Waals surface area contributed by atoms with E-state index >= 15 is 0 Å². The first kappa shape index (κ1) is 20.1. The van der Waals surface area contributed by atoms with Gasteiger partial charge in [0.25, 0.3) is 5.91 Å². The fourth-order valence-electron chi connectivity index (χ4n) is 3.72. The summed E-state index contributed by atoms with van der Waals surface area (Å²) in [5, 5.41) is 7.49. The molecule has 1 aliphatic rings. The minimum atomic E-state index is -4.52. The van der Waals surface area contributed by atoms with Gasteiger partial charge in [0, 0.05) is 35.3 Å². The molecule has 156 valence electrons. The van der Waals surface area contributed by atoms with Crippen LogP contribution in [-0.4, -0.2) is 25.7 Å². The fraction of sp³-hybridized carbons (Fsp3) is 0.333. The van der Waals surface area contributed by atoms with Crippen LogP contribution in [0.2, 0.25) is 0 Å². The molecule has 9 heteroatoms. The summed E-state index contributed by atoms with van der Waals surface area (Å²) >= 11 is 0. The molecule has 1 amide bonds. The molecule has 0 unspecified atom stereocenters. The molecule has 0 bridgehead atoms. The quantitative estimate of drug-likeness (QED) is 0.695. The Hall–Kier alpha value is -3.23. The lowest BCUT2D eigenvalue weighted by Crippen LogP contribution is -2.32. The van der Waals surface area contributed by atoms with Crippen LogP contribution in [0.5, 0.6) is 0 Å². The molecule has 1 atom stereocenters. The second kappa shape index (κ2) is 7.55. The maximum absolute atomic E-state index is 13.0. The largest absolute Gasteiger partial charge is 0.433 e. The van der Waals surface area contributed by atoms with Gasteiger partial charge in [-0.05, 0) is 57.0 Å². The monoisotopic (exact) mass is 415 g/mol. The Balaban J connectivity index is 1.61. The zero-order chi connectivity index (χ0) is 21.5. The van der Waals surface area contributed by atoms with Crippen LogP contribution in [0.3, 0.4) is 0 Å². The molecular formula is C21H20F3N5O. The van der Waals surface area contributed by atoms with Crippen molar-refractivity contribution >= 4 is 5.91 Å². The number of pyridine rings is 2. The molecule has 1 N–H and O–H groups in total. The number of carbonyl (C=O) groups excluding carboxylic acids is 1. The molecule has 1 aliphatic heterocycles. The maximum atomic E-state index is 13.0. The number of amides is 1. The predicted molar refractivity (Wildman–Crippen MR) is 104 cm³/mol. The normalized spacial score (nSPS) is 16.2. The highest BCUT2D eigenvalue weighted by Gasteiger charge is 2.33. The van der Waals surface area contributed by atoms with Gasteiger partial charge in [-0.25, -0.2) is 0 Å². The van der Waals surface area contributed by atoms with Crippen molar-refractivity contribution < 1.29 is 18.0 Å². The molecular weight excluding hydrogens is 395 g/mol. The van der Waals surface area contributed by atoms with E-state index in [-0.39, 0.29) is 11.9 Å². The van der Waals surface area contributed by atoms with Gasteiger partial charge in [-0.2, -0.15) is 18.3 Å². The van der Waals surface area contributed by atoms with E-state index in [0.29, 0.717) is 23.4 Å². The number of carbonyl (C=O) groups is 1. The van der Waals surface area contributed by atoms with Crippen molar-refractivity contribution in [2.45, 2.75) is 45.5 Å². The van der Waals surface area contributed by atoms with Gasteiger partial charge in [-0.1, -0.05) is 0 Å². The Kier molecular flexibility index (Phi) is 5.05. The molecule has 4 heterocycles. The number of halogens is 3. The van der Waals surface area contributed by atoms with Crippen molar-refractivity contribution in [3.05, 3.63) is 64.9 Å². The van der Waals surface area contributed by atoms with E-state index in [0.717, 1.165) is 42.2 Å². The smallest absolute Gasteiger partial charge is 0.344 e. The summed E-state index contributed by atoms with van der Waals surface area (Å²) in [6.45, 7) is 4.30. The molecule has 30 heavy (non-hydrogen) atoms. The van der Waals surface area contributed by atoms with Crippen molar-refractivity contribution in [2.75, 3.05) is 0 Å². The van der Waals surface area contributed by atoms with Crippen LogP contribution in [0, 0.1) is 13.8 Å². The van der Waals surface area contributed by atoms with Gasteiger partial charge in [-0.3, -0.25) is 19.4 Å². The van der Waals surface area contributed by atoms with Gasteiger partial charge < -0.3 is 5.32 Å². The van der Waals surface area contributed by atoms with Gasteiger partial charge in [0.1, 0.15) is 5.69 Å². The molecule has 0 aromatic carbocycles. The van der Waals surface area contributed by atoms with Crippen LogP contribution in [0.25, 0.3) is 11.3 Å². The lowest BCUT2D eigenvalue weighted by molar-refractivity contribution is -0.141. The summed E-state index contributed by atoms with van der Waals surface area (Å²) in [4.78, 5) is 20.4. The standard InChI is InChI=1S/C21H20F3N5O/c1-12-8-15(9-13(2)26-12)20(30)27-16-4-3-7-29-18(16)11-17(28-29)14-5-6-25-19(10-14)21(22,23)24/h5-6,8-11,16H,3-4,7H2,1-2H3,(H,27,30)/t16-/m0/s1. The molecule has 0 saturated heterocycles. The molecule has 4 rings (SSSR count). The first-order valence-corrected chi connectivity index (χ1v) is 9.58. The van der Waals surface area contributed by atoms with Crippen molar-refractivity contribution in [3.8, 4) is 11.3 Å². The molecule has 3 aromatic heterocycles. The second-order valence-electron chi connectivity index (χ2n) is 7.41. The molecule has 6 nitrogen and oxygen atoms in total. The minimum absolute atomic E-state index is 0.215. The number of alkyl halides is 3. The first-order valence-electron chi connectivity index (χ1n) is 9.58. The number of hydrogen-bond acceptors (Lipinski definition) is 4. The van der Waals surface area contributed by atoms with Crippen LogP contribution in [0.15, 0.2) is 36.5 Å². The minimum Gasteiger partial charge on any atom is -0.344 e. The maximum Gasteiger partial charge on any atom is 0.433 e. The number of nitrogens with zero attached hydrogens (tertiary/aromatic N) is 4. The van der Waals surface area contributed by atoms with Crippen molar-refractivity contribution in [1.82, 2.24) is 25.1 Å². The SMILES string of the molecule is Cc1cc(C(=O)N[C@H]2CCCn3nc(-c4ccnc(C(F)(F)F)c4)cc32)cc(C)n1. The van der Waals surface area contributed by atoms with E-state index in [9.17, 15) is 18.0 Å². The van der Waals surface area contributed by atoms with E-state index in [2.05, 4.69) is 20.4 Å². The van der Waals surface area contributed by atoms with Crippen LogP contribution < -0.4 is 5.32 Å². The highest BCUT2D eigenvalue weighted by Crippen LogP contribution is 2.32. The third-order valence-electron chi connectivity index (χ3n) is 5.03. The highest BCUT2D eigenvalue weighted by molar-refractivity contribution is 5.94. The average molecular weight is 415 g/mol. The predicted octanol–water partition coefficient (Wildman–Crippen LogP) is 4.24. The lowest BCUT2D eigenvalue weighted by Gasteiger charge is -2.24. The van der Waals surface area contributed by atoms with Crippen molar-refractivity contribution in [2.24, 2.45) is 0 Å². The van der Waals surface area contributed by atoms with Crippen LogP contribution >= 0.6 is 0 Å². The zero-order valence-corrected chi connectivity index (χ0v) is 16.5. The van der Waals surface area contributed by atoms with Gasteiger partial charge in [0.15, 0.2) is 0 Å². The summed E-state index contributed by atoms with van der Waals surface area (Å²) < 4.78 is 40.7. The van der Waals surface area contributed by atoms with Crippen LogP contribution in [0.1, 0.15) is 52.0 Å². The number of aromatic nitrogens is 4. The highest BCUT2D eigenvalue weighted by atomic mass is 19.4. The number of aryl methyl sites for hydroxylation is 3. The fourth-order valence-corrected chi connectivity index (χ4v) is 3.72. The zero-order valence-electron chi connectivity index (χ0n) is 16.5. The third-order valence-corrected chi connectivity index (χ3v) is 5.03. The topological polar surface area (TPSA) is 72.7 Å². The van der Waals surface area contributed by atoms with E-state index in [1.807, 2.05) is 13.8 Å². The summed E-state index contributed by atoms with van der Waals surface area (Å²) in [6.07, 6.45) is -1.86. The van der Waals surface area contributed by atoms with E-state index < -0.39 is 11.9 Å². The van der Waals surface area contributed by atoms with Crippen LogP contribution in [0.4, 0.5) is 13.2 Å². The van der Waals surface area contributed by atoms with Gasteiger partial charge in [0.2, 0.25) is 0 Å². The molecule has 0 fully saturated rings. The van der Waals surface area contributed by atoms with Gasteiger partial charge >= 0.3 is 6.18 Å². The Morgan fingerprint density at radius 1 is 1.17 bits per heavy atom. The first-order chi connectivity index (χ1) is 14.2. The van der Waals surface area contributed by atoms with Gasteiger partial charge in [-0.15, -0.1) is 0 Å². The van der Waals surface area contributed by atoms with Gasteiger partial charge in [0.05, 0.1) is 17.4 Å². The average Bonchev–Trinajstić information content (AvgIpc) is 3.12. The summed E-state index contributed by atoms with van der Waals surface area (Å²) in [7, 11) is 0. The van der Waals surface area contributed by atoms with Crippen LogP contribution in [-0.2, 0) is 12.7 Å². The number of rotatable bonds is 3. The summed E-state index contributed by atoms with van der Waals surface area (Å²) in [5.74, 6) is -0.215. The number of nitrogens with one attached hydrogen (secondary N) is 1.